The van der Waals surface area contributed by atoms with Crippen molar-refractivity contribution in [3.63, 3.8) is 0 Å². The smallest absolute Gasteiger partial charge is 0.165 e. The van der Waals surface area contributed by atoms with E-state index < -0.39 is 6.10 Å². The number of ether oxygens (including phenoxy) is 1. The molecule has 0 aliphatic rings. The van der Waals surface area contributed by atoms with E-state index in [4.69, 9.17) is 9.84 Å². The highest BCUT2D eigenvalue weighted by Crippen LogP contribution is 2.22. The number of aliphatic hydroxyl groups is 1. The molecule has 0 aliphatic carbocycles. The highest BCUT2D eigenvalue weighted by Gasteiger charge is 2.10. The summed E-state index contributed by atoms with van der Waals surface area (Å²) in [5.41, 5.74) is 0.777. The Morgan fingerprint density at radius 3 is 2.88 bits per heavy atom. The first-order chi connectivity index (χ1) is 8.15. The van der Waals surface area contributed by atoms with Crippen LogP contribution in [0.15, 0.2) is 18.2 Å². The van der Waals surface area contributed by atoms with Crippen molar-refractivity contribution in [1.82, 2.24) is 5.32 Å². The lowest BCUT2D eigenvalue weighted by Crippen LogP contribution is -2.18. The summed E-state index contributed by atoms with van der Waals surface area (Å²) in [6.45, 7) is 5.23. The van der Waals surface area contributed by atoms with Gasteiger partial charge in [0.15, 0.2) is 11.6 Å². The van der Waals surface area contributed by atoms with E-state index in [2.05, 4.69) is 12.2 Å². The van der Waals surface area contributed by atoms with Crippen LogP contribution in [-0.2, 0) is 6.54 Å². The van der Waals surface area contributed by atoms with E-state index in [1.54, 1.807) is 13.0 Å². The Labute approximate surface area is 102 Å². The molecule has 0 aliphatic heterocycles. The summed E-state index contributed by atoms with van der Waals surface area (Å²) >= 11 is 0. The topological polar surface area (TPSA) is 41.5 Å². The van der Waals surface area contributed by atoms with Crippen LogP contribution in [0.3, 0.4) is 0 Å². The van der Waals surface area contributed by atoms with Crippen LogP contribution in [0.1, 0.15) is 25.8 Å². The molecule has 0 spiro atoms. The summed E-state index contributed by atoms with van der Waals surface area (Å²) in [5, 5.41) is 12.3. The monoisotopic (exact) mass is 241 g/mol. The molecular weight excluding hydrogens is 221 g/mol. The van der Waals surface area contributed by atoms with Crippen LogP contribution in [0.5, 0.6) is 5.75 Å². The molecule has 0 bridgehead atoms. The summed E-state index contributed by atoms with van der Waals surface area (Å²) in [5.74, 6) is -0.154. The van der Waals surface area contributed by atoms with Gasteiger partial charge in [-0.1, -0.05) is 19.1 Å². The fraction of sp³-hybridized carbons (Fsp3) is 0.538. The fourth-order valence-electron chi connectivity index (χ4n) is 1.46. The van der Waals surface area contributed by atoms with Crippen LogP contribution in [0.2, 0.25) is 0 Å². The summed E-state index contributed by atoms with van der Waals surface area (Å²) in [6.07, 6.45) is 0.421. The molecule has 1 aromatic carbocycles. The summed E-state index contributed by atoms with van der Waals surface area (Å²) in [7, 11) is 0. The maximum absolute atomic E-state index is 13.6. The molecule has 0 saturated heterocycles. The van der Waals surface area contributed by atoms with Gasteiger partial charge in [0.05, 0.1) is 6.10 Å². The normalized spacial score (nSPS) is 12.5. The highest BCUT2D eigenvalue weighted by atomic mass is 19.1. The quantitative estimate of drug-likeness (QED) is 0.718. The Bertz CT molecular complexity index is 342. The fourth-order valence-corrected chi connectivity index (χ4v) is 1.46. The number of hydrogen-bond acceptors (Lipinski definition) is 3. The minimum absolute atomic E-state index is 0.0989. The Morgan fingerprint density at radius 1 is 1.47 bits per heavy atom. The Morgan fingerprint density at radius 2 is 2.24 bits per heavy atom. The number of aliphatic hydroxyl groups excluding tert-OH is 1. The third kappa shape index (κ3) is 4.71. The van der Waals surface area contributed by atoms with Gasteiger partial charge in [-0.3, -0.25) is 0 Å². The van der Waals surface area contributed by atoms with Crippen molar-refractivity contribution < 1.29 is 14.2 Å². The second kappa shape index (κ2) is 7.25. The molecule has 1 atom stereocenters. The first-order valence-corrected chi connectivity index (χ1v) is 5.94. The molecule has 1 aromatic rings. The Hall–Kier alpha value is -1.13. The Kier molecular flexibility index (Phi) is 5.94. The number of nitrogens with one attached hydrogen (secondary N) is 1. The van der Waals surface area contributed by atoms with Crippen LogP contribution >= 0.6 is 0 Å². The van der Waals surface area contributed by atoms with Gasteiger partial charge in [-0.05, 0) is 26.0 Å². The molecular formula is C13H20FNO2. The van der Waals surface area contributed by atoms with Crippen LogP contribution in [0.25, 0.3) is 0 Å². The van der Waals surface area contributed by atoms with Crippen molar-refractivity contribution in [2.75, 3.05) is 13.2 Å². The van der Waals surface area contributed by atoms with Gasteiger partial charge >= 0.3 is 0 Å². The van der Waals surface area contributed by atoms with Crippen molar-refractivity contribution in [3.8, 4) is 5.75 Å². The number of rotatable bonds is 7. The average molecular weight is 241 g/mol. The summed E-state index contributed by atoms with van der Waals surface area (Å²) in [4.78, 5) is 0. The van der Waals surface area contributed by atoms with Gasteiger partial charge in [0, 0.05) is 12.1 Å². The van der Waals surface area contributed by atoms with Crippen LogP contribution in [0.4, 0.5) is 4.39 Å². The molecule has 0 fully saturated rings. The van der Waals surface area contributed by atoms with Gasteiger partial charge in [0.1, 0.15) is 6.61 Å². The van der Waals surface area contributed by atoms with Crippen molar-refractivity contribution in [1.29, 1.82) is 0 Å². The Balaban J connectivity index is 2.69. The van der Waals surface area contributed by atoms with E-state index in [0.717, 1.165) is 18.5 Å². The second-order valence-corrected chi connectivity index (χ2v) is 4.06. The lowest BCUT2D eigenvalue weighted by molar-refractivity contribution is 0.119. The van der Waals surface area contributed by atoms with E-state index in [-0.39, 0.29) is 18.2 Å². The molecule has 0 amide bonds. The van der Waals surface area contributed by atoms with Gasteiger partial charge in [-0.15, -0.1) is 0 Å². The minimum Gasteiger partial charge on any atom is -0.487 e. The highest BCUT2D eigenvalue weighted by molar-refractivity contribution is 5.34. The number of halogens is 1. The van der Waals surface area contributed by atoms with E-state index >= 15 is 0 Å². The first-order valence-electron chi connectivity index (χ1n) is 5.94. The minimum atomic E-state index is -0.606. The SMILES string of the molecule is CCCNCc1cccc(F)c1OCC(C)O. The maximum Gasteiger partial charge on any atom is 0.165 e. The molecule has 4 heteroatoms. The second-order valence-electron chi connectivity index (χ2n) is 4.06. The van der Waals surface area contributed by atoms with Gasteiger partial charge in [-0.2, -0.15) is 0 Å². The van der Waals surface area contributed by atoms with Gasteiger partial charge in [-0.25, -0.2) is 4.39 Å². The molecule has 0 aromatic heterocycles. The van der Waals surface area contributed by atoms with Gasteiger partial charge < -0.3 is 15.2 Å². The molecule has 1 rings (SSSR count). The van der Waals surface area contributed by atoms with E-state index in [9.17, 15) is 4.39 Å². The third-order valence-electron chi connectivity index (χ3n) is 2.26. The van der Waals surface area contributed by atoms with Crippen LogP contribution < -0.4 is 10.1 Å². The average Bonchev–Trinajstić information content (AvgIpc) is 2.28. The molecule has 0 saturated carbocycles. The van der Waals surface area contributed by atoms with Gasteiger partial charge in [0.25, 0.3) is 0 Å². The van der Waals surface area contributed by atoms with E-state index in [0.29, 0.717) is 6.54 Å². The summed E-state index contributed by atoms with van der Waals surface area (Å²) < 4.78 is 18.9. The molecule has 0 heterocycles. The van der Waals surface area contributed by atoms with Gasteiger partial charge in [0.2, 0.25) is 0 Å². The molecule has 2 N–H and O–H groups in total. The zero-order valence-electron chi connectivity index (χ0n) is 10.4. The molecule has 17 heavy (non-hydrogen) atoms. The molecule has 1 unspecified atom stereocenters. The number of hydrogen-bond donors (Lipinski definition) is 2. The first kappa shape index (κ1) is 13.9. The van der Waals surface area contributed by atoms with Crippen molar-refractivity contribution >= 4 is 0 Å². The lowest BCUT2D eigenvalue weighted by Gasteiger charge is -2.14. The third-order valence-corrected chi connectivity index (χ3v) is 2.26. The molecule has 0 radical (unpaired) electrons. The number of para-hydroxylation sites is 1. The largest absolute Gasteiger partial charge is 0.487 e. The zero-order chi connectivity index (χ0) is 12.7. The standard InChI is InChI=1S/C13H20FNO2/c1-3-7-15-8-11-5-4-6-12(14)13(11)17-9-10(2)16/h4-6,10,15-16H,3,7-9H2,1-2H3. The lowest BCUT2D eigenvalue weighted by atomic mass is 10.2. The zero-order valence-corrected chi connectivity index (χ0v) is 10.4. The summed E-state index contributed by atoms with van der Waals surface area (Å²) in [6, 6.07) is 4.84. The van der Waals surface area contributed by atoms with E-state index in [1.165, 1.54) is 6.07 Å². The van der Waals surface area contributed by atoms with Crippen LogP contribution in [0, 0.1) is 5.82 Å². The predicted octanol–water partition coefficient (Wildman–Crippen LogP) is 2.08. The van der Waals surface area contributed by atoms with E-state index in [1.807, 2.05) is 6.07 Å². The van der Waals surface area contributed by atoms with Crippen molar-refractivity contribution in [2.45, 2.75) is 32.9 Å². The predicted molar refractivity (Wildman–Crippen MR) is 65.6 cm³/mol. The maximum atomic E-state index is 13.6. The molecule has 96 valence electrons. The number of benzene rings is 1. The molecule has 3 nitrogen and oxygen atoms in total. The van der Waals surface area contributed by atoms with Crippen LogP contribution in [-0.4, -0.2) is 24.4 Å². The van der Waals surface area contributed by atoms with Crippen molar-refractivity contribution in [3.05, 3.63) is 29.6 Å². The van der Waals surface area contributed by atoms with Crippen molar-refractivity contribution in [2.24, 2.45) is 0 Å².